The van der Waals surface area contributed by atoms with Gasteiger partial charge in [0.2, 0.25) is 0 Å². The number of nitrogens with zero attached hydrogens (tertiary/aromatic N) is 2. The molecule has 5 heteroatoms. The predicted octanol–water partition coefficient (Wildman–Crippen LogP) is 3.38. The van der Waals surface area contributed by atoms with E-state index in [-0.39, 0.29) is 12.5 Å². The number of likely N-dealkylation sites (tertiary alicyclic amines) is 1. The number of hydrogen-bond donors (Lipinski definition) is 0. The van der Waals surface area contributed by atoms with Crippen molar-refractivity contribution in [1.82, 2.24) is 9.88 Å². The Hall–Kier alpha value is -2.43. The van der Waals surface area contributed by atoms with Gasteiger partial charge < -0.3 is 9.64 Å². The molecule has 27 heavy (non-hydrogen) atoms. The highest BCUT2D eigenvalue weighted by atomic mass is 16.5. The third-order valence-electron chi connectivity index (χ3n) is 5.67. The Kier molecular flexibility index (Phi) is 4.85. The summed E-state index contributed by atoms with van der Waals surface area (Å²) < 4.78 is 5.49. The molecule has 0 spiro atoms. The standard InChI is InChI=1S/C22H26N2O3/c1-14-10-15(2)12-24(11-14)20(25)13-27-22(26)21-16-6-3-4-8-18(16)23-19-9-5-7-17(19)21/h3-4,6,8,14-15H,5,7,9-13H2,1-2H3/t14-,15+. The van der Waals surface area contributed by atoms with Gasteiger partial charge in [-0.05, 0) is 49.1 Å². The van der Waals surface area contributed by atoms with Gasteiger partial charge in [-0.3, -0.25) is 9.78 Å². The Balaban J connectivity index is 1.53. The summed E-state index contributed by atoms with van der Waals surface area (Å²) in [4.78, 5) is 32.0. The summed E-state index contributed by atoms with van der Waals surface area (Å²) in [5, 5.41) is 0.816. The Morgan fingerprint density at radius 1 is 1.15 bits per heavy atom. The molecule has 142 valence electrons. The molecule has 1 fully saturated rings. The topological polar surface area (TPSA) is 59.5 Å². The lowest BCUT2D eigenvalue weighted by Gasteiger charge is -2.34. The number of hydrogen-bond acceptors (Lipinski definition) is 4. The molecule has 2 aromatic rings. The van der Waals surface area contributed by atoms with Gasteiger partial charge in [-0.1, -0.05) is 32.0 Å². The largest absolute Gasteiger partial charge is 0.452 e. The Morgan fingerprint density at radius 2 is 1.89 bits per heavy atom. The molecule has 1 aromatic carbocycles. The maximum Gasteiger partial charge on any atom is 0.339 e. The first-order valence-corrected chi connectivity index (χ1v) is 9.88. The highest BCUT2D eigenvalue weighted by Crippen LogP contribution is 2.30. The molecule has 1 aliphatic heterocycles. The molecule has 0 unspecified atom stereocenters. The minimum Gasteiger partial charge on any atom is -0.452 e. The van der Waals surface area contributed by atoms with Crippen LogP contribution in [0.25, 0.3) is 10.9 Å². The second kappa shape index (κ2) is 7.29. The molecular weight excluding hydrogens is 340 g/mol. The second-order valence-electron chi connectivity index (χ2n) is 8.10. The average molecular weight is 366 g/mol. The van der Waals surface area contributed by atoms with Crippen LogP contribution in [-0.4, -0.2) is 41.5 Å². The van der Waals surface area contributed by atoms with Crippen LogP contribution in [0, 0.1) is 11.8 Å². The van der Waals surface area contributed by atoms with E-state index >= 15 is 0 Å². The van der Waals surface area contributed by atoms with Crippen LogP contribution < -0.4 is 0 Å². The van der Waals surface area contributed by atoms with E-state index in [0.29, 0.717) is 17.4 Å². The van der Waals surface area contributed by atoms with Gasteiger partial charge in [0.15, 0.2) is 6.61 Å². The van der Waals surface area contributed by atoms with Crippen LogP contribution in [0.2, 0.25) is 0 Å². The number of esters is 1. The van der Waals surface area contributed by atoms with Crippen molar-refractivity contribution >= 4 is 22.8 Å². The van der Waals surface area contributed by atoms with Crippen molar-refractivity contribution in [2.24, 2.45) is 11.8 Å². The monoisotopic (exact) mass is 366 g/mol. The number of aromatic nitrogens is 1. The van der Waals surface area contributed by atoms with Gasteiger partial charge in [-0.25, -0.2) is 4.79 Å². The first-order chi connectivity index (χ1) is 13.0. The van der Waals surface area contributed by atoms with Crippen LogP contribution in [-0.2, 0) is 22.4 Å². The van der Waals surface area contributed by atoms with Crippen LogP contribution in [0.4, 0.5) is 0 Å². The summed E-state index contributed by atoms with van der Waals surface area (Å²) in [5.41, 5.74) is 3.40. The molecule has 1 aliphatic carbocycles. The van der Waals surface area contributed by atoms with Crippen molar-refractivity contribution < 1.29 is 14.3 Å². The maximum atomic E-state index is 12.9. The number of piperidine rings is 1. The van der Waals surface area contributed by atoms with E-state index in [4.69, 9.17) is 9.72 Å². The van der Waals surface area contributed by atoms with Gasteiger partial charge in [0.05, 0.1) is 11.1 Å². The molecule has 0 radical (unpaired) electrons. The molecule has 0 bridgehead atoms. The number of rotatable bonds is 3. The summed E-state index contributed by atoms with van der Waals surface area (Å²) in [6.07, 6.45) is 3.87. The molecule has 2 aliphatic rings. The molecule has 1 amide bonds. The second-order valence-corrected chi connectivity index (χ2v) is 8.10. The fourth-order valence-corrected chi connectivity index (χ4v) is 4.60. The lowest BCUT2D eigenvalue weighted by molar-refractivity contribution is -0.137. The molecular formula is C22H26N2O3. The summed E-state index contributed by atoms with van der Waals surface area (Å²) in [7, 11) is 0. The molecule has 5 nitrogen and oxygen atoms in total. The third-order valence-corrected chi connectivity index (χ3v) is 5.67. The number of carbonyl (C=O) groups excluding carboxylic acids is 2. The minimum atomic E-state index is -0.404. The molecule has 1 saturated heterocycles. The Morgan fingerprint density at radius 3 is 2.67 bits per heavy atom. The molecule has 2 atom stereocenters. The number of aryl methyl sites for hydroxylation is 1. The van der Waals surface area contributed by atoms with Crippen molar-refractivity contribution in [1.29, 1.82) is 0 Å². The van der Waals surface area contributed by atoms with Gasteiger partial charge in [-0.2, -0.15) is 0 Å². The molecule has 1 aromatic heterocycles. The number of pyridine rings is 1. The van der Waals surface area contributed by atoms with Gasteiger partial charge in [0.25, 0.3) is 5.91 Å². The number of para-hydroxylation sites is 1. The number of amides is 1. The lowest BCUT2D eigenvalue weighted by atomic mass is 9.92. The molecule has 0 N–H and O–H groups in total. The number of ether oxygens (including phenoxy) is 1. The van der Waals surface area contributed by atoms with E-state index in [1.165, 1.54) is 0 Å². The summed E-state index contributed by atoms with van der Waals surface area (Å²) in [6.45, 7) is 5.62. The zero-order valence-corrected chi connectivity index (χ0v) is 16.0. The predicted molar refractivity (Wildman–Crippen MR) is 104 cm³/mol. The van der Waals surface area contributed by atoms with Gasteiger partial charge in [-0.15, -0.1) is 0 Å². The quantitative estimate of drug-likeness (QED) is 0.782. The molecule has 0 saturated carbocycles. The van der Waals surface area contributed by atoms with Crippen LogP contribution in [0.5, 0.6) is 0 Å². The van der Waals surface area contributed by atoms with Crippen LogP contribution in [0.1, 0.15) is 48.3 Å². The van der Waals surface area contributed by atoms with E-state index in [2.05, 4.69) is 13.8 Å². The van der Waals surface area contributed by atoms with Crippen LogP contribution >= 0.6 is 0 Å². The zero-order valence-electron chi connectivity index (χ0n) is 16.0. The lowest BCUT2D eigenvalue weighted by Crippen LogP contribution is -2.44. The van der Waals surface area contributed by atoms with Crippen LogP contribution in [0.3, 0.4) is 0 Å². The Labute approximate surface area is 159 Å². The fourth-order valence-electron chi connectivity index (χ4n) is 4.60. The van der Waals surface area contributed by atoms with E-state index in [0.717, 1.165) is 60.9 Å². The van der Waals surface area contributed by atoms with Crippen molar-refractivity contribution in [3.8, 4) is 0 Å². The highest BCUT2D eigenvalue weighted by Gasteiger charge is 2.28. The molecule has 4 rings (SSSR count). The maximum absolute atomic E-state index is 12.9. The first kappa shape index (κ1) is 18.0. The first-order valence-electron chi connectivity index (χ1n) is 9.88. The summed E-state index contributed by atoms with van der Waals surface area (Å²) in [5.74, 6) is 0.469. The van der Waals surface area contributed by atoms with Crippen molar-refractivity contribution in [2.75, 3.05) is 19.7 Å². The SMILES string of the molecule is C[C@@H]1C[C@H](C)CN(C(=O)COC(=O)c2c3c(nc4ccccc24)CCC3)C1. The van der Waals surface area contributed by atoms with Crippen molar-refractivity contribution in [3.05, 3.63) is 41.1 Å². The normalized spacial score (nSPS) is 21.9. The molecule has 2 heterocycles. The van der Waals surface area contributed by atoms with Gasteiger partial charge in [0, 0.05) is 24.2 Å². The van der Waals surface area contributed by atoms with E-state index < -0.39 is 5.97 Å². The third kappa shape index (κ3) is 3.55. The zero-order chi connectivity index (χ0) is 19.0. The Bertz CT molecular complexity index is 883. The van der Waals surface area contributed by atoms with Gasteiger partial charge >= 0.3 is 5.97 Å². The smallest absolute Gasteiger partial charge is 0.339 e. The number of fused-ring (bicyclic) bond motifs is 2. The van der Waals surface area contributed by atoms with Crippen LogP contribution in [0.15, 0.2) is 24.3 Å². The fraction of sp³-hybridized carbons (Fsp3) is 0.500. The van der Waals surface area contributed by atoms with E-state index in [9.17, 15) is 9.59 Å². The minimum absolute atomic E-state index is 0.100. The van der Waals surface area contributed by atoms with Crippen molar-refractivity contribution in [2.45, 2.75) is 39.5 Å². The highest BCUT2D eigenvalue weighted by molar-refractivity contribution is 6.05. The van der Waals surface area contributed by atoms with E-state index in [1.807, 2.05) is 29.2 Å². The number of benzene rings is 1. The van der Waals surface area contributed by atoms with Gasteiger partial charge in [0.1, 0.15) is 0 Å². The summed E-state index contributed by atoms with van der Waals surface area (Å²) in [6, 6.07) is 7.66. The average Bonchev–Trinajstić information content (AvgIpc) is 3.10. The summed E-state index contributed by atoms with van der Waals surface area (Å²) >= 11 is 0. The van der Waals surface area contributed by atoms with E-state index in [1.54, 1.807) is 0 Å². The number of carbonyl (C=O) groups is 2. The van der Waals surface area contributed by atoms with Crippen molar-refractivity contribution in [3.63, 3.8) is 0 Å².